The fourth-order valence-electron chi connectivity index (χ4n) is 1.63. The Balaban J connectivity index is 0.000000224. The average molecular weight is 300 g/mol. The molecular formula is C19H24O3. The second-order valence-corrected chi connectivity index (χ2v) is 4.32. The van der Waals surface area contributed by atoms with Gasteiger partial charge in [0.05, 0.1) is 19.8 Å². The van der Waals surface area contributed by atoms with E-state index in [2.05, 4.69) is 19.1 Å². The van der Waals surface area contributed by atoms with Gasteiger partial charge in [0.2, 0.25) is 0 Å². The summed E-state index contributed by atoms with van der Waals surface area (Å²) in [6.07, 6.45) is 1.05. The number of benzene rings is 2. The lowest BCUT2D eigenvalue weighted by atomic mass is 10.3. The van der Waals surface area contributed by atoms with Gasteiger partial charge in [-0.3, -0.25) is 0 Å². The van der Waals surface area contributed by atoms with Crippen molar-refractivity contribution in [3.05, 3.63) is 54.6 Å². The largest absolute Gasteiger partial charge is 0.494 e. The lowest BCUT2D eigenvalue weighted by Crippen LogP contribution is -1.97. The molecule has 0 saturated heterocycles. The first-order chi connectivity index (χ1) is 10.8. The SMILES string of the molecule is CCCOc1cc[c]cc1.CCOc1c[c]ccc1OCC. The summed E-state index contributed by atoms with van der Waals surface area (Å²) in [7, 11) is 0. The summed E-state index contributed by atoms with van der Waals surface area (Å²) in [6.45, 7) is 8.09. The summed E-state index contributed by atoms with van der Waals surface area (Å²) in [4.78, 5) is 0. The topological polar surface area (TPSA) is 27.7 Å². The van der Waals surface area contributed by atoms with Crippen LogP contribution in [-0.4, -0.2) is 19.8 Å². The van der Waals surface area contributed by atoms with Gasteiger partial charge >= 0.3 is 0 Å². The Morgan fingerprint density at radius 3 is 2.05 bits per heavy atom. The summed E-state index contributed by atoms with van der Waals surface area (Å²) in [5, 5.41) is 0. The van der Waals surface area contributed by atoms with Crippen LogP contribution in [0.25, 0.3) is 0 Å². The van der Waals surface area contributed by atoms with Crippen molar-refractivity contribution >= 4 is 0 Å². The van der Waals surface area contributed by atoms with Crippen molar-refractivity contribution < 1.29 is 14.2 Å². The van der Waals surface area contributed by atoms with Gasteiger partial charge in [0, 0.05) is 0 Å². The van der Waals surface area contributed by atoms with Gasteiger partial charge in [-0.25, -0.2) is 0 Å². The van der Waals surface area contributed by atoms with Crippen LogP contribution in [0.3, 0.4) is 0 Å². The highest BCUT2D eigenvalue weighted by molar-refractivity contribution is 5.38. The number of hydrogen-bond donors (Lipinski definition) is 0. The van der Waals surface area contributed by atoms with E-state index >= 15 is 0 Å². The summed E-state index contributed by atoms with van der Waals surface area (Å²) < 4.78 is 16.0. The molecule has 22 heavy (non-hydrogen) atoms. The summed E-state index contributed by atoms with van der Waals surface area (Å²) in [5.74, 6) is 2.49. The van der Waals surface area contributed by atoms with E-state index in [1.165, 1.54) is 0 Å². The maximum Gasteiger partial charge on any atom is 0.161 e. The molecular weight excluding hydrogens is 276 g/mol. The van der Waals surface area contributed by atoms with Crippen LogP contribution < -0.4 is 14.2 Å². The van der Waals surface area contributed by atoms with Crippen LogP contribution in [0, 0.1) is 12.1 Å². The molecule has 0 heterocycles. The molecule has 0 aliphatic carbocycles. The molecule has 0 unspecified atom stereocenters. The van der Waals surface area contributed by atoms with Gasteiger partial charge in [0.15, 0.2) is 11.5 Å². The minimum absolute atomic E-state index is 0.651. The highest BCUT2D eigenvalue weighted by Gasteiger charge is 2.00. The number of rotatable bonds is 7. The first kappa shape index (κ1) is 17.9. The Morgan fingerprint density at radius 2 is 1.41 bits per heavy atom. The number of ether oxygens (including phenoxy) is 3. The molecule has 2 radical (unpaired) electrons. The molecule has 0 fully saturated rings. The first-order valence-corrected chi connectivity index (χ1v) is 7.66. The fourth-order valence-corrected chi connectivity index (χ4v) is 1.63. The molecule has 0 amide bonds. The van der Waals surface area contributed by atoms with Crippen molar-refractivity contribution in [1.29, 1.82) is 0 Å². The highest BCUT2D eigenvalue weighted by Crippen LogP contribution is 2.25. The van der Waals surface area contributed by atoms with Crippen molar-refractivity contribution in [3.8, 4) is 17.2 Å². The van der Waals surface area contributed by atoms with Crippen LogP contribution in [0.4, 0.5) is 0 Å². The van der Waals surface area contributed by atoms with Crippen molar-refractivity contribution in [3.63, 3.8) is 0 Å². The molecule has 0 bridgehead atoms. The summed E-state index contributed by atoms with van der Waals surface area (Å²) >= 11 is 0. The number of hydrogen-bond acceptors (Lipinski definition) is 3. The molecule has 2 rings (SSSR count). The predicted molar refractivity (Wildman–Crippen MR) is 88.7 cm³/mol. The van der Waals surface area contributed by atoms with Crippen LogP contribution in [0.2, 0.25) is 0 Å². The predicted octanol–water partition coefficient (Wildman–Crippen LogP) is 4.56. The van der Waals surface area contributed by atoms with Gasteiger partial charge in [0.25, 0.3) is 0 Å². The fraction of sp³-hybridized carbons (Fsp3) is 0.368. The maximum absolute atomic E-state index is 5.34. The Bertz CT molecular complexity index is 472. The standard InChI is InChI=1S/C10H13O2.C9H11O/c1-3-11-9-7-5-6-8-10(9)12-4-2;1-2-8-10-9-6-4-3-5-7-9/h5,7-8H,3-4H2,1-2H3;4-7H,2,8H2,1H3. The van der Waals surface area contributed by atoms with Gasteiger partial charge in [0.1, 0.15) is 5.75 Å². The van der Waals surface area contributed by atoms with E-state index < -0.39 is 0 Å². The van der Waals surface area contributed by atoms with Gasteiger partial charge < -0.3 is 14.2 Å². The lowest BCUT2D eigenvalue weighted by molar-refractivity contribution is 0.287. The van der Waals surface area contributed by atoms with Crippen LogP contribution in [-0.2, 0) is 0 Å². The van der Waals surface area contributed by atoms with E-state index in [1.54, 1.807) is 6.07 Å². The molecule has 3 heteroatoms. The van der Waals surface area contributed by atoms with E-state index in [0.717, 1.165) is 30.3 Å². The summed E-state index contributed by atoms with van der Waals surface area (Å²) in [5.41, 5.74) is 0. The molecule has 118 valence electrons. The zero-order valence-corrected chi connectivity index (χ0v) is 13.6. The second kappa shape index (κ2) is 11.5. The smallest absolute Gasteiger partial charge is 0.161 e. The van der Waals surface area contributed by atoms with E-state index in [9.17, 15) is 0 Å². The Kier molecular flexibility index (Phi) is 9.35. The van der Waals surface area contributed by atoms with Gasteiger partial charge in [-0.15, -0.1) is 0 Å². The van der Waals surface area contributed by atoms with E-state index in [1.807, 2.05) is 50.2 Å². The van der Waals surface area contributed by atoms with Crippen LogP contribution in [0.1, 0.15) is 27.2 Å². The maximum atomic E-state index is 5.34. The minimum Gasteiger partial charge on any atom is -0.494 e. The molecule has 0 aromatic heterocycles. The molecule has 2 aromatic rings. The van der Waals surface area contributed by atoms with E-state index in [-0.39, 0.29) is 0 Å². The first-order valence-electron chi connectivity index (χ1n) is 7.66. The van der Waals surface area contributed by atoms with Crippen LogP contribution in [0.15, 0.2) is 42.5 Å². The molecule has 0 aliphatic heterocycles. The Labute approximate surface area is 133 Å². The molecule has 3 nitrogen and oxygen atoms in total. The molecule has 0 atom stereocenters. The molecule has 0 spiro atoms. The minimum atomic E-state index is 0.651. The van der Waals surface area contributed by atoms with Crippen LogP contribution in [0.5, 0.6) is 17.2 Å². The third kappa shape index (κ3) is 7.02. The van der Waals surface area contributed by atoms with E-state index in [0.29, 0.717) is 13.2 Å². The van der Waals surface area contributed by atoms with Gasteiger partial charge in [-0.05, 0) is 56.7 Å². The zero-order valence-electron chi connectivity index (χ0n) is 13.6. The summed E-state index contributed by atoms with van der Waals surface area (Å²) in [6, 6.07) is 18.9. The Morgan fingerprint density at radius 1 is 0.773 bits per heavy atom. The quantitative estimate of drug-likeness (QED) is 0.750. The second-order valence-electron chi connectivity index (χ2n) is 4.32. The highest BCUT2D eigenvalue weighted by atomic mass is 16.5. The van der Waals surface area contributed by atoms with E-state index in [4.69, 9.17) is 14.2 Å². The average Bonchev–Trinajstić information content (AvgIpc) is 2.57. The van der Waals surface area contributed by atoms with Crippen LogP contribution >= 0.6 is 0 Å². The third-order valence-corrected chi connectivity index (χ3v) is 2.55. The molecule has 0 saturated carbocycles. The van der Waals surface area contributed by atoms with Crippen molar-refractivity contribution in [2.24, 2.45) is 0 Å². The monoisotopic (exact) mass is 300 g/mol. The molecule has 0 N–H and O–H groups in total. The lowest BCUT2D eigenvalue weighted by Gasteiger charge is -2.09. The normalized spacial score (nSPS) is 9.41. The molecule has 0 aliphatic rings. The van der Waals surface area contributed by atoms with Gasteiger partial charge in [-0.1, -0.05) is 25.1 Å². The van der Waals surface area contributed by atoms with Gasteiger partial charge in [-0.2, -0.15) is 0 Å². The Hall–Kier alpha value is -2.16. The van der Waals surface area contributed by atoms with Crippen molar-refractivity contribution in [2.75, 3.05) is 19.8 Å². The molecule has 2 aromatic carbocycles. The third-order valence-electron chi connectivity index (χ3n) is 2.55. The van der Waals surface area contributed by atoms with Crippen molar-refractivity contribution in [1.82, 2.24) is 0 Å². The zero-order chi connectivity index (χ0) is 16.0. The van der Waals surface area contributed by atoms with Crippen molar-refractivity contribution in [2.45, 2.75) is 27.2 Å².